The molecule has 1 aliphatic carbocycles. The van der Waals surface area contributed by atoms with E-state index < -0.39 is 0 Å². The van der Waals surface area contributed by atoms with Gasteiger partial charge in [0.25, 0.3) is 0 Å². The Morgan fingerprint density at radius 2 is 2.18 bits per heavy atom. The van der Waals surface area contributed by atoms with Crippen molar-refractivity contribution in [2.45, 2.75) is 19.3 Å². The molecule has 1 heterocycles. The minimum absolute atomic E-state index is 0.168. The van der Waals surface area contributed by atoms with Gasteiger partial charge >= 0.3 is 0 Å². The maximum atomic E-state index is 12.4. The lowest BCUT2D eigenvalue weighted by molar-refractivity contribution is 0.103. The maximum absolute atomic E-state index is 12.4. The van der Waals surface area contributed by atoms with Gasteiger partial charge in [0.05, 0.1) is 0 Å². The zero-order chi connectivity index (χ0) is 11.7. The number of hydrogen-bond donors (Lipinski definition) is 0. The molecule has 0 saturated carbocycles. The SMILES string of the molecule is O=C(C1=CCCC1)c1cccc2ccncc12. The number of allylic oxidation sites excluding steroid dienone is 2. The summed E-state index contributed by atoms with van der Waals surface area (Å²) in [5.41, 5.74) is 1.74. The van der Waals surface area contributed by atoms with Crippen LogP contribution < -0.4 is 0 Å². The molecule has 1 aromatic heterocycles. The fourth-order valence-electron chi connectivity index (χ4n) is 2.36. The van der Waals surface area contributed by atoms with E-state index in [-0.39, 0.29) is 5.78 Å². The number of hydrogen-bond acceptors (Lipinski definition) is 2. The molecule has 0 saturated heterocycles. The van der Waals surface area contributed by atoms with Gasteiger partial charge in [0.2, 0.25) is 0 Å². The lowest BCUT2D eigenvalue weighted by Gasteiger charge is -2.05. The van der Waals surface area contributed by atoms with Gasteiger partial charge < -0.3 is 0 Å². The van der Waals surface area contributed by atoms with Crippen LogP contribution in [-0.2, 0) is 0 Å². The molecule has 0 amide bonds. The Labute approximate surface area is 100.0 Å². The predicted molar refractivity (Wildman–Crippen MR) is 68.0 cm³/mol. The highest BCUT2D eigenvalue weighted by molar-refractivity contribution is 6.16. The molecule has 0 unspecified atom stereocenters. The van der Waals surface area contributed by atoms with Gasteiger partial charge in [0, 0.05) is 23.3 Å². The van der Waals surface area contributed by atoms with Gasteiger partial charge in [0.15, 0.2) is 5.78 Å². The number of carbonyl (C=O) groups excluding carboxylic acids is 1. The molecule has 1 aromatic carbocycles. The van der Waals surface area contributed by atoms with Crippen LogP contribution in [0.5, 0.6) is 0 Å². The molecule has 2 aromatic rings. The second kappa shape index (κ2) is 4.13. The first-order valence-electron chi connectivity index (χ1n) is 5.93. The van der Waals surface area contributed by atoms with Crippen LogP contribution in [0, 0.1) is 0 Å². The summed E-state index contributed by atoms with van der Waals surface area (Å²) in [6.07, 6.45) is 8.64. The number of ketones is 1. The van der Waals surface area contributed by atoms with Crippen LogP contribution in [0.3, 0.4) is 0 Å². The quantitative estimate of drug-likeness (QED) is 0.729. The Morgan fingerprint density at radius 3 is 3.00 bits per heavy atom. The maximum Gasteiger partial charge on any atom is 0.189 e. The number of rotatable bonds is 2. The Balaban J connectivity index is 2.14. The summed E-state index contributed by atoms with van der Waals surface area (Å²) in [6, 6.07) is 7.78. The van der Waals surface area contributed by atoms with E-state index in [4.69, 9.17) is 0 Å². The van der Waals surface area contributed by atoms with Crippen molar-refractivity contribution in [3.63, 3.8) is 0 Å². The van der Waals surface area contributed by atoms with Crippen LogP contribution in [0.4, 0.5) is 0 Å². The molecule has 2 nitrogen and oxygen atoms in total. The van der Waals surface area contributed by atoms with Crippen LogP contribution >= 0.6 is 0 Å². The highest BCUT2D eigenvalue weighted by Crippen LogP contribution is 2.25. The molecule has 1 aliphatic rings. The third kappa shape index (κ3) is 1.76. The molecular formula is C15H13NO. The van der Waals surface area contributed by atoms with E-state index in [0.717, 1.165) is 41.2 Å². The van der Waals surface area contributed by atoms with Gasteiger partial charge in [-0.25, -0.2) is 0 Å². The van der Waals surface area contributed by atoms with Crippen molar-refractivity contribution in [3.05, 3.63) is 53.9 Å². The first kappa shape index (κ1) is 10.2. The van der Waals surface area contributed by atoms with Crippen molar-refractivity contribution in [1.29, 1.82) is 0 Å². The summed E-state index contributed by atoms with van der Waals surface area (Å²) in [4.78, 5) is 16.5. The predicted octanol–water partition coefficient (Wildman–Crippen LogP) is 3.53. The number of aromatic nitrogens is 1. The van der Waals surface area contributed by atoms with Crippen molar-refractivity contribution in [2.75, 3.05) is 0 Å². The third-order valence-corrected chi connectivity index (χ3v) is 3.26. The summed E-state index contributed by atoms with van der Waals surface area (Å²) in [5.74, 6) is 0.168. The lowest BCUT2D eigenvalue weighted by atomic mass is 9.98. The normalized spacial score (nSPS) is 14.9. The second-order valence-corrected chi connectivity index (χ2v) is 4.35. The third-order valence-electron chi connectivity index (χ3n) is 3.26. The van der Waals surface area contributed by atoms with E-state index in [9.17, 15) is 4.79 Å². The summed E-state index contributed by atoms with van der Waals surface area (Å²) in [5, 5.41) is 2.03. The number of benzene rings is 1. The van der Waals surface area contributed by atoms with E-state index >= 15 is 0 Å². The van der Waals surface area contributed by atoms with Crippen molar-refractivity contribution in [1.82, 2.24) is 4.98 Å². The van der Waals surface area contributed by atoms with Crippen LogP contribution in [0.15, 0.2) is 48.3 Å². The van der Waals surface area contributed by atoms with Gasteiger partial charge in [-0.1, -0.05) is 24.3 Å². The molecule has 84 valence electrons. The van der Waals surface area contributed by atoms with Gasteiger partial charge in [-0.3, -0.25) is 9.78 Å². The molecule has 0 fully saturated rings. The van der Waals surface area contributed by atoms with Gasteiger partial charge in [0.1, 0.15) is 0 Å². The minimum Gasteiger partial charge on any atom is -0.289 e. The number of nitrogens with zero attached hydrogens (tertiary/aromatic N) is 1. The standard InChI is InChI=1S/C15H13NO/c17-15(12-4-1-2-5-12)13-7-3-6-11-8-9-16-10-14(11)13/h3-4,6-10H,1-2,5H2. The van der Waals surface area contributed by atoms with Gasteiger partial charge in [-0.15, -0.1) is 0 Å². The van der Waals surface area contributed by atoms with Crippen molar-refractivity contribution < 1.29 is 4.79 Å². The van der Waals surface area contributed by atoms with Crippen molar-refractivity contribution >= 4 is 16.6 Å². The van der Waals surface area contributed by atoms with E-state index in [1.54, 1.807) is 12.4 Å². The highest BCUT2D eigenvalue weighted by Gasteiger charge is 2.17. The summed E-state index contributed by atoms with van der Waals surface area (Å²) < 4.78 is 0. The van der Waals surface area contributed by atoms with E-state index in [0.29, 0.717) is 0 Å². The largest absolute Gasteiger partial charge is 0.289 e. The van der Waals surface area contributed by atoms with Crippen molar-refractivity contribution in [2.24, 2.45) is 0 Å². The van der Waals surface area contributed by atoms with E-state index in [1.807, 2.05) is 24.3 Å². The molecule has 2 heteroatoms. The topological polar surface area (TPSA) is 30.0 Å². The number of Topliss-reactive ketones (excluding diaryl/α,β-unsaturated/α-hetero) is 1. The molecule has 17 heavy (non-hydrogen) atoms. The van der Waals surface area contributed by atoms with Gasteiger partial charge in [-0.05, 0) is 36.3 Å². The molecule has 0 bridgehead atoms. The fraction of sp³-hybridized carbons (Fsp3) is 0.200. The fourth-order valence-corrected chi connectivity index (χ4v) is 2.36. The highest BCUT2D eigenvalue weighted by atomic mass is 16.1. The number of fused-ring (bicyclic) bond motifs is 1. The zero-order valence-electron chi connectivity index (χ0n) is 9.52. The van der Waals surface area contributed by atoms with E-state index in [1.165, 1.54) is 0 Å². The smallest absolute Gasteiger partial charge is 0.189 e. The Morgan fingerprint density at radius 1 is 1.24 bits per heavy atom. The van der Waals surface area contributed by atoms with Crippen LogP contribution in [0.2, 0.25) is 0 Å². The first-order chi connectivity index (χ1) is 8.36. The summed E-state index contributed by atoms with van der Waals surface area (Å²) in [7, 11) is 0. The molecule has 0 aliphatic heterocycles. The summed E-state index contributed by atoms with van der Waals surface area (Å²) >= 11 is 0. The Kier molecular flexibility index (Phi) is 2.48. The zero-order valence-corrected chi connectivity index (χ0v) is 9.52. The van der Waals surface area contributed by atoms with Crippen LogP contribution in [-0.4, -0.2) is 10.8 Å². The Bertz CT molecular complexity index is 608. The van der Waals surface area contributed by atoms with E-state index in [2.05, 4.69) is 11.1 Å². The monoisotopic (exact) mass is 223 g/mol. The second-order valence-electron chi connectivity index (χ2n) is 4.35. The molecular weight excluding hydrogens is 210 g/mol. The van der Waals surface area contributed by atoms with Crippen LogP contribution in [0.25, 0.3) is 10.8 Å². The van der Waals surface area contributed by atoms with Gasteiger partial charge in [-0.2, -0.15) is 0 Å². The first-order valence-corrected chi connectivity index (χ1v) is 5.93. The molecule has 0 atom stereocenters. The Hall–Kier alpha value is -1.96. The molecule has 0 spiro atoms. The van der Waals surface area contributed by atoms with Crippen molar-refractivity contribution in [3.8, 4) is 0 Å². The average molecular weight is 223 g/mol. The lowest BCUT2D eigenvalue weighted by Crippen LogP contribution is -2.02. The molecule has 0 radical (unpaired) electrons. The number of pyridine rings is 1. The summed E-state index contributed by atoms with van der Waals surface area (Å²) in [6.45, 7) is 0. The van der Waals surface area contributed by atoms with Crippen LogP contribution in [0.1, 0.15) is 29.6 Å². The molecule has 3 rings (SSSR count). The average Bonchev–Trinajstić information content (AvgIpc) is 2.91. The number of carbonyl (C=O) groups is 1. The minimum atomic E-state index is 0.168. The molecule has 0 N–H and O–H groups in total.